The average Bonchev–Trinajstić information content (AvgIpc) is 2.61. The highest BCUT2D eigenvalue weighted by atomic mass is 32.2. The number of carbonyl (C=O) groups is 1. The summed E-state index contributed by atoms with van der Waals surface area (Å²) in [4.78, 5) is 12.4. The smallest absolute Gasteiger partial charge is 0.377 e. The first kappa shape index (κ1) is 23.9. The van der Waals surface area contributed by atoms with Crippen molar-refractivity contribution in [1.29, 1.82) is 5.26 Å². The maximum Gasteiger partial charge on any atom is 0.534 e. The molecule has 0 aliphatic carbocycles. The van der Waals surface area contributed by atoms with Crippen LogP contribution in [0.2, 0.25) is 0 Å². The van der Waals surface area contributed by atoms with Crippen molar-refractivity contribution in [3.05, 3.63) is 29.8 Å². The van der Waals surface area contributed by atoms with Crippen LogP contribution >= 0.6 is 0 Å². The van der Waals surface area contributed by atoms with E-state index < -0.39 is 33.0 Å². The normalized spacial score (nSPS) is 17.0. The van der Waals surface area contributed by atoms with Gasteiger partial charge >= 0.3 is 15.6 Å². The molecule has 1 aromatic carbocycles. The number of nitrogens with zero attached hydrogens (tertiary/aromatic N) is 1. The lowest BCUT2D eigenvalue weighted by atomic mass is 9.86. The molecule has 12 heteroatoms. The molecule has 2 rings (SSSR count). The second-order valence-corrected chi connectivity index (χ2v) is 8.82. The standard InChI is InChI=1S/C18H22F3N3O5S/c1-12(2)9-15(16(25)23-8-7-22)24-17(10-28-11-17)13-3-5-14(6-4-13)29-30(26,27)18(19,20)21/h3-6,12,15,24H,8-11H2,1-2H3,(H,23,25)/t15-/m0/s1. The maximum atomic E-state index is 12.5. The van der Waals surface area contributed by atoms with Gasteiger partial charge in [0.05, 0.1) is 30.9 Å². The number of nitriles is 1. The summed E-state index contributed by atoms with van der Waals surface area (Å²) in [5, 5.41) is 14.4. The minimum atomic E-state index is -5.76. The van der Waals surface area contributed by atoms with Crippen LogP contribution in [0.15, 0.2) is 24.3 Å². The predicted octanol–water partition coefficient (Wildman–Crippen LogP) is 1.78. The molecule has 0 aromatic heterocycles. The van der Waals surface area contributed by atoms with Gasteiger partial charge in [-0.05, 0) is 30.0 Å². The number of benzene rings is 1. The number of ether oxygens (including phenoxy) is 1. The lowest BCUT2D eigenvalue weighted by molar-refractivity contribution is -0.128. The van der Waals surface area contributed by atoms with E-state index in [9.17, 15) is 26.4 Å². The van der Waals surface area contributed by atoms with E-state index in [0.29, 0.717) is 12.0 Å². The first-order chi connectivity index (χ1) is 13.9. The second kappa shape index (κ2) is 9.20. The summed E-state index contributed by atoms with van der Waals surface area (Å²) in [6.07, 6.45) is 0.476. The minimum Gasteiger partial charge on any atom is -0.377 e. The summed E-state index contributed by atoms with van der Waals surface area (Å²) in [5.74, 6) is -0.679. The van der Waals surface area contributed by atoms with Gasteiger partial charge in [-0.15, -0.1) is 0 Å². The third kappa shape index (κ3) is 5.62. The average molecular weight is 449 g/mol. The highest BCUT2D eigenvalue weighted by molar-refractivity contribution is 7.88. The molecule has 1 amide bonds. The molecular formula is C18H22F3N3O5S. The fraction of sp³-hybridized carbons (Fsp3) is 0.556. The fourth-order valence-electron chi connectivity index (χ4n) is 2.93. The van der Waals surface area contributed by atoms with Crippen molar-refractivity contribution in [3.8, 4) is 11.8 Å². The molecule has 1 aromatic rings. The molecule has 1 aliphatic rings. The van der Waals surface area contributed by atoms with Gasteiger partial charge in [-0.3, -0.25) is 10.1 Å². The van der Waals surface area contributed by atoms with E-state index in [1.165, 1.54) is 12.1 Å². The molecule has 0 spiro atoms. The van der Waals surface area contributed by atoms with Crippen LogP contribution in [-0.4, -0.2) is 45.6 Å². The molecule has 0 saturated carbocycles. The Kier molecular flexibility index (Phi) is 7.33. The van der Waals surface area contributed by atoms with E-state index >= 15 is 0 Å². The lowest BCUT2D eigenvalue weighted by Crippen LogP contribution is -2.63. The van der Waals surface area contributed by atoms with Gasteiger partial charge in [-0.25, -0.2) is 0 Å². The SMILES string of the molecule is CC(C)C[C@H](NC1(c2ccc(OS(=O)(=O)C(F)(F)F)cc2)COC1)C(=O)NCC#N. The van der Waals surface area contributed by atoms with Gasteiger partial charge in [0.1, 0.15) is 12.3 Å². The van der Waals surface area contributed by atoms with Gasteiger partial charge in [0, 0.05) is 0 Å². The molecule has 0 unspecified atom stereocenters. The lowest BCUT2D eigenvalue weighted by Gasteiger charge is -2.45. The molecule has 1 atom stereocenters. The number of rotatable bonds is 9. The van der Waals surface area contributed by atoms with Crippen molar-refractivity contribution in [1.82, 2.24) is 10.6 Å². The number of halogens is 3. The summed E-state index contributed by atoms with van der Waals surface area (Å²) in [5.41, 5.74) is -5.73. The van der Waals surface area contributed by atoms with Crippen molar-refractivity contribution >= 4 is 16.0 Å². The van der Waals surface area contributed by atoms with Crippen LogP contribution in [0.3, 0.4) is 0 Å². The van der Waals surface area contributed by atoms with E-state index in [1.807, 2.05) is 19.9 Å². The van der Waals surface area contributed by atoms with Crippen molar-refractivity contribution < 1.29 is 35.3 Å². The van der Waals surface area contributed by atoms with E-state index in [-0.39, 0.29) is 31.6 Å². The van der Waals surface area contributed by atoms with Gasteiger partial charge < -0.3 is 14.2 Å². The summed E-state index contributed by atoms with van der Waals surface area (Å²) in [6.45, 7) is 4.13. The Morgan fingerprint density at radius 3 is 2.33 bits per heavy atom. The van der Waals surface area contributed by atoms with E-state index in [1.54, 1.807) is 0 Å². The Labute approximate surface area is 172 Å². The zero-order valence-corrected chi connectivity index (χ0v) is 17.1. The highest BCUT2D eigenvalue weighted by Crippen LogP contribution is 2.33. The van der Waals surface area contributed by atoms with Crippen molar-refractivity contribution in [2.24, 2.45) is 5.92 Å². The van der Waals surface area contributed by atoms with Crippen LogP contribution in [0.5, 0.6) is 5.75 Å². The molecular weight excluding hydrogens is 427 g/mol. The van der Waals surface area contributed by atoms with Crippen LogP contribution in [-0.2, 0) is 25.2 Å². The van der Waals surface area contributed by atoms with Gasteiger partial charge in [0.15, 0.2) is 0 Å². The molecule has 30 heavy (non-hydrogen) atoms. The Morgan fingerprint density at radius 1 is 1.30 bits per heavy atom. The van der Waals surface area contributed by atoms with Crippen LogP contribution in [0.4, 0.5) is 13.2 Å². The number of hydrogen-bond acceptors (Lipinski definition) is 7. The van der Waals surface area contributed by atoms with E-state index in [2.05, 4.69) is 14.8 Å². The number of alkyl halides is 3. The Balaban J connectivity index is 2.20. The number of carbonyl (C=O) groups excluding carboxylic acids is 1. The molecule has 2 N–H and O–H groups in total. The van der Waals surface area contributed by atoms with Crippen molar-refractivity contribution in [3.63, 3.8) is 0 Å². The first-order valence-corrected chi connectivity index (χ1v) is 10.4. The van der Waals surface area contributed by atoms with Gasteiger partial charge in [0.25, 0.3) is 0 Å². The molecule has 0 radical (unpaired) electrons. The fourth-order valence-corrected chi connectivity index (χ4v) is 3.39. The first-order valence-electron chi connectivity index (χ1n) is 9.01. The van der Waals surface area contributed by atoms with E-state index in [4.69, 9.17) is 10.00 Å². The molecule has 8 nitrogen and oxygen atoms in total. The van der Waals surface area contributed by atoms with Crippen molar-refractivity contribution in [2.75, 3.05) is 19.8 Å². The summed E-state index contributed by atoms with van der Waals surface area (Å²) >= 11 is 0. The number of nitrogens with one attached hydrogen (secondary N) is 2. The van der Waals surface area contributed by atoms with Crippen molar-refractivity contribution in [2.45, 2.75) is 37.4 Å². The summed E-state index contributed by atoms with van der Waals surface area (Å²) < 4.78 is 69.1. The zero-order valence-electron chi connectivity index (χ0n) is 16.3. The third-order valence-electron chi connectivity index (χ3n) is 4.41. The van der Waals surface area contributed by atoms with Crippen LogP contribution in [0, 0.1) is 17.2 Å². The van der Waals surface area contributed by atoms with Gasteiger partial charge in [-0.2, -0.15) is 26.9 Å². The molecule has 0 bridgehead atoms. The van der Waals surface area contributed by atoms with Crippen LogP contribution < -0.4 is 14.8 Å². The van der Waals surface area contributed by atoms with Gasteiger partial charge in [0.2, 0.25) is 5.91 Å². The number of hydrogen-bond donors (Lipinski definition) is 2. The topological polar surface area (TPSA) is 118 Å². The third-order valence-corrected chi connectivity index (χ3v) is 5.39. The quantitative estimate of drug-likeness (QED) is 0.335. The molecule has 1 aliphatic heterocycles. The Hall–Kier alpha value is -2.36. The van der Waals surface area contributed by atoms with Crippen LogP contribution in [0.25, 0.3) is 0 Å². The maximum absolute atomic E-state index is 12.5. The minimum absolute atomic E-state index is 0.141. The molecule has 1 fully saturated rings. The monoisotopic (exact) mass is 449 g/mol. The van der Waals surface area contributed by atoms with Gasteiger partial charge in [-0.1, -0.05) is 26.0 Å². The largest absolute Gasteiger partial charge is 0.534 e. The molecule has 1 saturated heterocycles. The molecule has 166 valence electrons. The second-order valence-electron chi connectivity index (χ2n) is 7.28. The summed E-state index contributed by atoms with van der Waals surface area (Å²) in [7, 11) is -5.76. The highest BCUT2D eigenvalue weighted by Gasteiger charge is 2.49. The summed E-state index contributed by atoms with van der Waals surface area (Å²) in [6, 6.07) is 6.24. The molecule has 1 heterocycles. The zero-order chi connectivity index (χ0) is 22.6. The Morgan fingerprint density at radius 2 is 1.90 bits per heavy atom. The predicted molar refractivity (Wildman–Crippen MR) is 99.5 cm³/mol. The number of amides is 1. The van der Waals surface area contributed by atoms with Crippen LogP contribution in [0.1, 0.15) is 25.8 Å². The van der Waals surface area contributed by atoms with E-state index in [0.717, 1.165) is 12.1 Å². The Bertz CT molecular complexity index is 891.